The Bertz CT molecular complexity index is 430. The van der Waals surface area contributed by atoms with E-state index in [0.717, 1.165) is 38.6 Å². The van der Waals surface area contributed by atoms with Crippen molar-refractivity contribution in [2.45, 2.75) is 76.5 Å². The van der Waals surface area contributed by atoms with Crippen LogP contribution in [0.15, 0.2) is 0 Å². The first-order valence-corrected chi connectivity index (χ1v) is 10.1. The van der Waals surface area contributed by atoms with Gasteiger partial charge < -0.3 is 29.9 Å². The largest absolute Gasteiger partial charge is 0.457 e. The molecule has 3 N–H and O–H groups in total. The monoisotopic (exact) mass is 388 g/mol. The smallest absolute Gasteiger partial charge is 0.407 e. The van der Waals surface area contributed by atoms with Crippen LogP contribution in [-0.2, 0) is 14.3 Å². The van der Waals surface area contributed by atoms with Gasteiger partial charge in [0.15, 0.2) is 0 Å². The van der Waals surface area contributed by atoms with Crippen LogP contribution in [-0.4, -0.2) is 78.8 Å². The number of ether oxygens (including phenoxy) is 2. The summed E-state index contributed by atoms with van der Waals surface area (Å²) < 4.78 is 10.5. The van der Waals surface area contributed by atoms with Gasteiger partial charge in [-0.3, -0.25) is 4.79 Å². The highest BCUT2D eigenvalue weighted by atomic mass is 16.6. The molecule has 0 radical (unpaired) electrons. The zero-order valence-corrected chi connectivity index (χ0v) is 16.7. The summed E-state index contributed by atoms with van der Waals surface area (Å²) in [6.07, 6.45) is 4.66. The van der Waals surface area contributed by atoms with E-state index in [-0.39, 0.29) is 12.5 Å². The molecule has 0 aromatic heterocycles. The van der Waals surface area contributed by atoms with Crippen LogP contribution in [0, 0.1) is 0 Å². The lowest BCUT2D eigenvalue weighted by molar-refractivity contribution is -0.154. The molecule has 8 heteroatoms. The molecule has 8 nitrogen and oxygen atoms in total. The van der Waals surface area contributed by atoms with Gasteiger partial charge in [0, 0.05) is 19.0 Å². The first-order chi connectivity index (χ1) is 13.0. The maximum atomic E-state index is 12.1. The molecule has 0 aromatic carbocycles. The number of carbonyl (C=O) groups excluding carboxylic acids is 2. The maximum absolute atomic E-state index is 12.1. The number of amides is 1. The SMILES string of the molecule is CCCCCC(CCC(=O)OC(CO)CO)OC(=O)NCC1CCCN1C. The summed E-state index contributed by atoms with van der Waals surface area (Å²) in [6.45, 7) is 2.87. The quantitative estimate of drug-likeness (QED) is 0.323. The third kappa shape index (κ3) is 9.93. The fraction of sp³-hybridized carbons (Fsp3) is 0.895. The molecule has 0 spiro atoms. The Morgan fingerprint density at radius 1 is 1.15 bits per heavy atom. The lowest BCUT2D eigenvalue weighted by Crippen LogP contribution is -2.39. The Labute approximate surface area is 162 Å². The van der Waals surface area contributed by atoms with Crippen LogP contribution in [0.1, 0.15) is 58.3 Å². The van der Waals surface area contributed by atoms with Gasteiger partial charge in [-0.15, -0.1) is 0 Å². The van der Waals surface area contributed by atoms with Crippen molar-refractivity contribution in [3.8, 4) is 0 Å². The Morgan fingerprint density at radius 2 is 1.89 bits per heavy atom. The number of nitrogens with one attached hydrogen (secondary N) is 1. The zero-order valence-electron chi connectivity index (χ0n) is 16.7. The third-order valence-corrected chi connectivity index (χ3v) is 4.93. The molecule has 0 saturated carbocycles. The maximum Gasteiger partial charge on any atom is 0.407 e. The molecule has 158 valence electrons. The molecule has 1 amide bonds. The fourth-order valence-corrected chi connectivity index (χ4v) is 3.17. The summed E-state index contributed by atoms with van der Waals surface area (Å²) in [5, 5.41) is 20.8. The number of carbonyl (C=O) groups is 2. The number of alkyl carbamates (subject to hydrolysis) is 1. The molecule has 1 heterocycles. The van der Waals surface area contributed by atoms with Crippen molar-refractivity contribution >= 4 is 12.1 Å². The molecule has 1 saturated heterocycles. The molecule has 1 aliphatic heterocycles. The molecule has 0 bridgehead atoms. The van der Waals surface area contributed by atoms with E-state index in [0.29, 0.717) is 25.4 Å². The zero-order chi connectivity index (χ0) is 20.1. The van der Waals surface area contributed by atoms with Gasteiger partial charge in [-0.05, 0) is 45.7 Å². The lowest BCUT2D eigenvalue weighted by Gasteiger charge is -2.22. The van der Waals surface area contributed by atoms with Crippen LogP contribution in [0.4, 0.5) is 4.79 Å². The average Bonchev–Trinajstić information content (AvgIpc) is 3.07. The Morgan fingerprint density at radius 3 is 2.48 bits per heavy atom. The van der Waals surface area contributed by atoms with E-state index in [9.17, 15) is 9.59 Å². The topological polar surface area (TPSA) is 108 Å². The van der Waals surface area contributed by atoms with E-state index in [2.05, 4.69) is 24.2 Å². The number of hydrogen-bond donors (Lipinski definition) is 3. The average molecular weight is 389 g/mol. The second kappa shape index (κ2) is 13.7. The second-order valence-electron chi connectivity index (χ2n) is 7.20. The van der Waals surface area contributed by atoms with Gasteiger partial charge in [-0.2, -0.15) is 0 Å². The van der Waals surface area contributed by atoms with Crippen LogP contribution in [0.5, 0.6) is 0 Å². The van der Waals surface area contributed by atoms with E-state index < -0.39 is 31.4 Å². The molecule has 1 rings (SSSR count). The first-order valence-electron chi connectivity index (χ1n) is 10.1. The van der Waals surface area contributed by atoms with Crippen molar-refractivity contribution in [1.82, 2.24) is 10.2 Å². The summed E-state index contributed by atoms with van der Waals surface area (Å²) in [4.78, 5) is 26.2. The first kappa shape index (κ1) is 23.7. The van der Waals surface area contributed by atoms with Gasteiger partial charge in [0.2, 0.25) is 0 Å². The van der Waals surface area contributed by atoms with Crippen molar-refractivity contribution in [2.24, 2.45) is 0 Å². The number of aliphatic hydroxyl groups is 2. The Hall–Kier alpha value is -1.38. The number of nitrogens with zero attached hydrogens (tertiary/aromatic N) is 1. The van der Waals surface area contributed by atoms with Gasteiger partial charge >= 0.3 is 12.1 Å². The summed E-state index contributed by atoms with van der Waals surface area (Å²) in [5.41, 5.74) is 0. The molecule has 2 atom stereocenters. The number of hydrogen-bond acceptors (Lipinski definition) is 7. The number of likely N-dealkylation sites (tertiary alicyclic amines) is 1. The molecule has 27 heavy (non-hydrogen) atoms. The highest BCUT2D eigenvalue weighted by Gasteiger charge is 2.23. The van der Waals surface area contributed by atoms with Crippen molar-refractivity contribution in [3.63, 3.8) is 0 Å². The van der Waals surface area contributed by atoms with E-state index in [1.807, 2.05) is 0 Å². The number of likely N-dealkylation sites (N-methyl/N-ethyl adjacent to an activating group) is 1. The molecular weight excluding hydrogens is 352 g/mol. The highest BCUT2D eigenvalue weighted by Crippen LogP contribution is 2.15. The molecule has 0 aliphatic carbocycles. The summed E-state index contributed by atoms with van der Waals surface area (Å²) in [6, 6.07) is 0.347. The fourth-order valence-electron chi connectivity index (χ4n) is 3.17. The van der Waals surface area contributed by atoms with E-state index in [1.165, 1.54) is 0 Å². The predicted octanol–water partition coefficient (Wildman–Crippen LogP) is 1.43. The van der Waals surface area contributed by atoms with Gasteiger partial charge in [-0.1, -0.05) is 19.8 Å². The van der Waals surface area contributed by atoms with Crippen LogP contribution in [0.3, 0.4) is 0 Å². The van der Waals surface area contributed by atoms with Crippen molar-refractivity contribution in [1.29, 1.82) is 0 Å². The minimum atomic E-state index is -0.899. The number of aliphatic hydroxyl groups excluding tert-OH is 2. The van der Waals surface area contributed by atoms with E-state index in [4.69, 9.17) is 19.7 Å². The van der Waals surface area contributed by atoms with Gasteiger partial charge in [-0.25, -0.2) is 4.79 Å². The van der Waals surface area contributed by atoms with E-state index >= 15 is 0 Å². The van der Waals surface area contributed by atoms with Crippen molar-refractivity contribution < 1.29 is 29.3 Å². The van der Waals surface area contributed by atoms with Crippen LogP contribution < -0.4 is 5.32 Å². The van der Waals surface area contributed by atoms with Crippen LogP contribution in [0.25, 0.3) is 0 Å². The lowest BCUT2D eigenvalue weighted by atomic mass is 10.1. The minimum Gasteiger partial charge on any atom is -0.457 e. The predicted molar refractivity (Wildman–Crippen MR) is 101 cm³/mol. The standard InChI is InChI=1S/C19H36N2O6/c1-3-4-5-8-16(9-10-18(24)26-17(13-22)14-23)27-19(25)20-12-15-7-6-11-21(15)2/h15-17,22-23H,3-14H2,1-2H3,(H,20,25). The summed E-state index contributed by atoms with van der Waals surface area (Å²) >= 11 is 0. The summed E-state index contributed by atoms with van der Waals surface area (Å²) in [7, 11) is 2.05. The summed E-state index contributed by atoms with van der Waals surface area (Å²) in [5.74, 6) is -0.514. The third-order valence-electron chi connectivity index (χ3n) is 4.93. The van der Waals surface area contributed by atoms with Crippen LogP contribution in [0.2, 0.25) is 0 Å². The molecule has 1 aliphatic rings. The highest BCUT2D eigenvalue weighted by molar-refractivity contribution is 5.70. The molecule has 1 fully saturated rings. The Balaban J connectivity index is 2.39. The second-order valence-corrected chi connectivity index (χ2v) is 7.20. The van der Waals surface area contributed by atoms with Gasteiger partial charge in [0.05, 0.1) is 13.2 Å². The molecule has 2 unspecified atom stereocenters. The van der Waals surface area contributed by atoms with Crippen LogP contribution >= 0.6 is 0 Å². The normalized spacial score (nSPS) is 18.5. The van der Waals surface area contributed by atoms with Gasteiger partial charge in [0.25, 0.3) is 0 Å². The van der Waals surface area contributed by atoms with Crippen molar-refractivity contribution in [3.05, 3.63) is 0 Å². The van der Waals surface area contributed by atoms with E-state index in [1.54, 1.807) is 0 Å². The number of unbranched alkanes of at least 4 members (excludes halogenated alkanes) is 2. The number of esters is 1. The Kier molecular flexibility index (Phi) is 12.0. The van der Waals surface area contributed by atoms with Gasteiger partial charge in [0.1, 0.15) is 12.2 Å². The molecular formula is C19H36N2O6. The molecule has 0 aromatic rings. The van der Waals surface area contributed by atoms with Crippen molar-refractivity contribution in [2.75, 3.05) is 33.4 Å². The minimum absolute atomic E-state index is 0.0753. The number of rotatable bonds is 13.